The molecule has 5 nitrogen and oxygen atoms in total. The Balaban J connectivity index is 1.24. The maximum Gasteiger partial charge on any atom is 0.242 e. The van der Waals surface area contributed by atoms with E-state index >= 15 is 0 Å². The summed E-state index contributed by atoms with van der Waals surface area (Å²) in [6, 6.07) is 15.0. The van der Waals surface area contributed by atoms with Gasteiger partial charge in [0.1, 0.15) is 6.54 Å². The van der Waals surface area contributed by atoms with Gasteiger partial charge in [-0.1, -0.05) is 61.7 Å². The van der Waals surface area contributed by atoms with Crippen LogP contribution in [-0.4, -0.2) is 49.4 Å². The van der Waals surface area contributed by atoms with Gasteiger partial charge in [-0.2, -0.15) is 0 Å². The third-order valence-corrected chi connectivity index (χ3v) is 6.53. The van der Waals surface area contributed by atoms with E-state index in [0.717, 1.165) is 58.4 Å². The van der Waals surface area contributed by atoms with Crippen molar-refractivity contribution in [2.75, 3.05) is 32.7 Å². The second kappa shape index (κ2) is 9.40. The third kappa shape index (κ3) is 4.96. The van der Waals surface area contributed by atoms with E-state index in [1.54, 1.807) is 0 Å². The first-order valence-corrected chi connectivity index (χ1v) is 11.1. The monoisotopic (exact) mass is 394 g/mol. The summed E-state index contributed by atoms with van der Waals surface area (Å²) in [7, 11) is 0. The molecule has 0 aromatic heterocycles. The van der Waals surface area contributed by atoms with Crippen LogP contribution in [0, 0.1) is 5.92 Å². The Bertz CT molecular complexity index is 847. The highest BCUT2D eigenvalue weighted by Crippen LogP contribution is 2.23. The van der Waals surface area contributed by atoms with E-state index in [1.807, 2.05) is 4.90 Å². The summed E-state index contributed by atoms with van der Waals surface area (Å²) >= 11 is 0. The fourth-order valence-corrected chi connectivity index (χ4v) is 4.75. The van der Waals surface area contributed by atoms with Crippen LogP contribution in [0.4, 0.5) is 0 Å². The maximum absolute atomic E-state index is 12.5. The van der Waals surface area contributed by atoms with E-state index in [-0.39, 0.29) is 24.3 Å². The van der Waals surface area contributed by atoms with E-state index in [0.29, 0.717) is 0 Å². The minimum absolute atomic E-state index is 0.0540. The van der Waals surface area contributed by atoms with Gasteiger partial charge >= 0.3 is 0 Å². The van der Waals surface area contributed by atoms with E-state index in [2.05, 4.69) is 47.8 Å². The molecule has 0 radical (unpaired) electrons. The lowest BCUT2D eigenvalue weighted by molar-refractivity contribution is -0.917. The molecule has 2 N–H and O–H groups in total. The molecule has 2 aromatic rings. The highest BCUT2D eigenvalue weighted by molar-refractivity contribution is 5.86. The van der Waals surface area contributed by atoms with Crippen molar-refractivity contribution in [2.24, 2.45) is 5.92 Å². The average molecular weight is 395 g/mol. The lowest BCUT2D eigenvalue weighted by Crippen LogP contribution is -3.13. The fourth-order valence-electron chi connectivity index (χ4n) is 4.75. The molecule has 2 fully saturated rings. The molecule has 0 bridgehead atoms. The predicted molar refractivity (Wildman–Crippen MR) is 115 cm³/mol. The van der Waals surface area contributed by atoms with Gasteiger partial charge in [-0.15, -0.1) is 0 Å². The molecule has 1 saturated heterocycles. The van der Waals surface area contributed by atoms with Crippen LogP contribution in [0.1, 0.15) is 37.7 Å². The second-order valence-electron chi connectivity index (χ2n) is 8.50. The van der Waals surface area contributed by atoms with Crippen LogP contribution in [-0.2, 0) is 16.1 Å². The molecule has 1 aliphatic carbocycles. The van der Waals surface area contributed by atoms with Crippen molar-refractivity contribution < 1.29 is 14.5 Å². The second-order valence-corrected chi connectivity index (χ2v) is 8.50. The number of fused-ring (bicyclic) bond motifs is 1. The van der Waals surface area contributed by atoms with Gasteiger partial charge in [-0.25, -0.2) is 0 Å². The molecular formula is C24H32N3O2+. The number of rotatable bonds is 5. The van der Waals surface area contributed by atoms with Crippen molar-refractivity contribution in [1.82, 2.24) is 10.2 Å². The zero-order valence-electron chi connectivity index (χ0n) is 17.2. The van der Waals surface area contributed by atoms with Crippen LogP contribution in [0.3, 0.4) is 0 Å². The summed E-state index contributed by atoms with van der Waals surface area (Å²) in [5, 5.41) is 5.49. The Hall–Kier alpha value is -2.40. The topological polar surface area (TPSA) is 53.9 Å². The minimum atomic E-state index is 0.0540. The average Bonchev–Trinajstić information content (AvgIpc) is 2.78. The van der Waals surface area contributed by atoms with E-state index in [4.69, 9.17) is 0 Å². The molecule has 1 saturated carbocycles. The quantitative estimate of drug-likeness (QED) is 0.812. The fraction of sp³-hybridized carbons (Fsp3) is 0.500. The van der Waals surface area contributed by atoms with Crippen LogP contribution in [0.15, 0.2) is 42.5 Å². The first-order valence-electron chi connectivity index (χ1n) is 11.1. The molecule has 0 atom stereocenters. The standard InChI is InChI=1S/C24H31N3O2/c28-23(17-25-24(29)20-8-2-1-3-9-20)27-15-13-26(14-16-27)18-21-11-6-10-19-7-4-5-12-22(19)21/h4-7,10-12,20H,1-3,8-9,13-18H2,(H,25,29)/p+1. The molecule has 1 aliphatic heterocycles. The van der Waals surface area contributed by atoms with Crippen LogP contribution in [0.2, 0.25) is 0 Å². The van der Waals surface area contributed by atoms with Crippen molar-refractivity contribution >= 4 is 22.6 Å². The molecular weight excluding hydrogens is 362 g/mol. The largest absolute Gasteiger partial charge is 0.347 e. The van der Waals surface area contributed by atoms with Gasteiger partial charge in [0.25, 0.3) is 0 Å². The van der Waals surface area contributed by atoms with Gasteiger partial charge in [-0.05, 0) is 23.6 Å². The van der Waals surface area contributed by atoms with Gasteiger partial charge in [-0.3, -0.25) is 9.59 Å². The van der Waals surface area contributed by atoms with Crippen molar-refractivity contribution in [3.8, 4) is 0 Å². The summed E-state index contributed by atoms with van der Waals surface area (Å²) in [4.78, 5) is 28.2. The number of amides is 2. The summed E-state index contributed by atoms with van der Waals surface area (Å²) in [6.45, 7) is 4.56. The molecule has 0 unspecified atom stereocenters. The van der Waals surface area contributed by atoms with Gasteiger partial charge in [0.15, 0.2) is 0 Å². The summed E-state index contributed by atoms with van der Waals surface area (Å²) in [5.41, 5.74) is 1.37. The molecule has 5 heteroatoms. The van der Waals surface area contributed by atoms with Gasteiger partial charge in [0.05, 0.1) is 32.7 Å². The molecule has 29 heavy (non-hydrogen) atoms. The zero-order valence-corrected chi connectivity index (χ0v) is 17.2. The van der Waals surface area contributed by atoms with Crippen molar-refractivity contribution in [3.63, 3.8) is 0 Å². The lowest BCUT2D eigenvalue weighted by atomic mass is 9.89. The van der Waals surface area contributed by atoms with Crippen molar-refractivity contribution in [2.45, 2.75) is 38.6 Å². The molecule has 0 spiro atoms. The Morgan fingerprint density at radius 3 is 2.48 bits per heavy atom. The first-order chi connectivity index (χ1) is 14.2. The first kappa shape index (κ1) is 19.9. The van der Waals surface area contributed by atoms with Gasteiger partial charge in [0.2, 0.25) is 11.8 Å². The third-order valence-electron chi connectivity index (χ3n) is 6.53. The SMILES string of the molecule is O=C(NCC(=O)N1CC[NH+](Cc2cccc3ccccc23)CC1)C1CCCCC1. The maximum atomic E-state index is 12.5. The number of hydrogen-bond donors (Lipinski definition) is 2. The smallest absolute Gasteiger partial charge is 0.242 e. The highest BCUT2D eigenvalue weighted by Gasteiger charge is 2.26. The number of carbonyl (C=O) groups is 2. The van der Waals surface area contributed by atoms with Crippen molar-refractivity contribution in [3.05, 3.63) is 48.0 Å². The predicted octanol–water partition coefficient (Wildman–Crippen LogP) is 1.76. The number of quaternary nitrogens is 1. The molecule has 154 valence electrons. The molecule has 2 aliphatic rings. The number of nitrogens with one attached hydrogen (secondary N) is 2. The molecule has 4 rings (SSSR count). The number of carbonyl (C=O) groups excluding carboxylic acids is 2. The summed E-state index contributed by atoms with van der Waals surface area (Å²) in [6.07, 6.45) is 5.43. The molecule has 1 heterocycles. The van der Waals surface area contributed by atoms with Crippen LogP contribution < -0.4 is 10.2 Å². The zero-order chi connectivity index (χ0) is 20.1. The normalized spacial score (nSPS) is 18.7. The minimum Gasteiger partial charge on any atom is -0.347 e. The van der Waals surface area contributed by atoms with Crippen LogP contribution in [0.5, 0.6) is 0 Å². The number of piperazine rings is 1. The lowest BCUT2D eigenvalue weighted by Gasteiger charge is -2.32. The Morgan fingerprint density at radius 1 is 0.966 bits per heavy atom. The van der Waals surface area contributed by atoms with Gasteiger partial charge < -0.3 is 15.1 Å². The van der Waals surface area contributed by atoms with E-state index < -0.39 is 0 Å². The Kier molecular flexibility index (Phi) is 6.45. The van der Waals surface area contributed by atoms with Crippen LogP contribution >= 0.6 is 0 Å². The number of benzene rings is 2. The van der Waals surface area contributed by atoms with Gasteiger partial charge in [0, 0.05) is 11.5 Å². The van der Waals surface area contributed by atoms with Crippen LogP contribution in [0.25, 0.3) is 10.8 Å². The van der Waals surface area contributed by atoms with E-state index in [1.165, 1.54) is 27.7 Å². The molecule has 2 aromatic carbocycles. The Morgan fingerprint density at radius 2 is 1.69 bits per heavy atom. The molecule has 2 amide bonds. The highest BCUT2D eigenvalue weighted by atomic mass is 16.2. The van der Waals surface area contributed by atoms with E-state index in [9.17, 15) is 9.59 Å². The number of nitrogens with zero attached hydrogens (tertiary/aromatic N) is 1. The number of hydrogen-bond acceptors (Lipinski definition) is 2. The summed E-state index contributed by atoms with van der Waals surface area (Å²) < 4.78 is 0. The Labute approximate surface area is 173 Å². The summed E-state index contributed by atoms with van der Waals surface area (Å²) in [5.74, 6) is 0.232. The van der Waals surface area contributed by atoms with Crippen molar-refractivity contribution in [1.29, 1.82) is 0 Å².